The first-order chi connectivity index (χ1) is 19.1. The van der Waals surface area contributed by atoms with E-state index < -0.39 is 0 Å². The Kier molecular flexibility index (Phi) is 11.0. The second-order valence-corrected chi connectivity index (χ2v) is 11.5. The lowest BCUT2D eigenvalue weighted by atomic mass is 10.1. The van der Waals surface area contributed by atoms with Crippen LogP contribution in [0.15, 0.2) is 56.8 Å². The average Bonchev–Trinajstić information content (AvgIpc) is 3.53. The molecule has 0 amide bonds. The van der Waals surface area contributed by atoms with Crippen LogP contribution in [0, 0.1) is 28.6 Å². The average molecular weight is 575 g/mol. The molecule has 0 aromatic carbocycles. The molecular weight excluding hydrogens is 541 g/mol. The summed E-state index contributed by atoms with van der Waals surface area (Å²) in [5.74, 6) is 1.56. The van der Waals surface area contributed by atoms with E-state index in [-0.39, 0.29) is 12.1 Å². The molecule has 0 bridgehead atoms. The Labute approximate surface area is 244 Å². The lowest BCUT2D eigenvalue weighted by molar-refractivity contribution is 0.556. The standard InChI is InChI=1S/C15H19N5S.C13H15N5S/c1-9(2)11(4)19-15-17-6-5-13(20-15)12(7-16)14-18-10(3)8-21-14;1-8(2)16-13-15-5-4-11(18-13)10(6-14)12-17-9(3)7-19-12/h5-6,8-9,11,18H,1-4H3,(H,17,19,20);4-5,7-8,17H,1-3H3,(H,15,16,18). The lowest BCUT2D eigenvalue weighted by Crippen LogP contribution is -2.23. The van der Waals surface area contributed by atoms with Crippen molar-refractivity contribution in [2.75, 3.05) is 10.6 Å². The third kappa shape index (κ3) is 8.50. The summed E-state index contributed by atoms with van der Waals surface area (Å²) in [4.78, 5) is 17.2. The number of anilines is 2. The third-order valence-corrected chi connectivity index (χ3v) is 7.63. The summed E-state index contributed by atoms with van der Waals surface area (Å²) in [6.45, 7) is 14.3. The van der Waals surface area contributed by atoms with E-state index in [1.807, 2.05) is 38.5 Å². The zero-order chi connectivity index (χ0) is 29.2. The molecule has 4 heterocycles. The zero-order valence-corrected chi connectivity index (χ0v) is 25.3. The van der Waals surface area contributed by atoms with E-state index in [2.05, 4.69) is 74.1 Å². The first-order valence-electron chi connectivity index (χ1n) is 12.8. The Bertz CT molecular complexity index is 1430. The number of allylic oxidation sites excluding steroid dienone is 4. The number of nitriles is 2. The van der Waals surface area contributed by atoms with Gasteiger partial charge in [-0.1, -0.05) is 37.4 Å². The van der Waals surface area contributed by atoms with Crippen molar-refractivity contribution in [3.8, 4) is 12.1 Å². The van der Waals surface area contributed by atoms with Gasteiger partial charge in [-0.15, -0.1) is 0 Å². The quantitative estimate of drug-likeness (QED) is 0.287. The van der Waals surface area contributed by atoms with E-state index in [0.717, 1.165) is 21.5 Å². The van der Waals surface area contributed by atoms with Crippen LogP contribution in [0.3, 0.4) is 0 Å². The van der Waals surface area contributed by atoms with Crippen LogP contribution >= 0.6 is 23.5 Å². The van der Waals surface area contributed by atoms with E-state index in [1.54, 1.807) is 24.5 Å². The molecule has 2 aromatic rings. The van der Waals surface area contributed by atoms with Crippen molar-refractivity contribution < 1.29 is 0 Å². The van der Waals surface area contributed by atoms with Crippen molar-refractivity contribution in [1.29, 1.82) is 10.5 Å². The molecular formula is C28H34N10S2. The lowest BCUT2D eigenvalue weighted by Gasteiger charge is -2.17. The third-order valence-electron chi connectivity index (χ3n) is 5.60. The molecule has 2 aliphatic heterocycles. The number of nitrogens with one attached hydrogen (secondary N) is 4. The van der Waals surface area contributed by atoms with Crippen LogP contribution in [-0.4, -0.2) is 32.0 Å². The van der Waals surface area contributed by atoms with Gasteiger partial charge >= 0.3 is 0 Å². The van der Waals surface area contributed by atoms with E-state index in [9.17, 15) is 10.5 Å². The highest BCUT2D eigenvalue weighted by Gasteiger charge is 2.17. The predicted octanol–water partition coefficient (Wildman–Crippen LogP) is 6.01. The van der Waals surface area contributed by atoms with Crippen LogP contribution in [0.4, 0.5) is 11.9 Å². The molecule has 40 heavy (non-hydrogen) atoms. The highest BCUT2D eigenvalue weighted by atomic mass is 32.2. The van der Waals surface area contributed by atoms with Gasteiger partial charge in [0.1, 0.15) is 23.3 Å². The molecule has 4 rings (SSSR count). The van der Waals surface area contributed by atoms with Gasteiger partial charge in [0.05, 0.1) is 21.4 Å². The van der Waals surface area contributed by atoms with Crippen molar-refractivity contribution in [2.24, 2.45) is 5.92 Å². The Balaban J connectivity index is 0.000000222. The molecule has 0 fully saturated rings. The van der Waals surface area contributed by atoms with Crippen molar-refractivity contribution >= 4 is 46.6 Å². The van der Waals surface area contributed by atoms with Gasteiger partial charge < -0.3 is 21.3 Å². The van der Waals surface area contributed by atoms with Crippen molar-refractivity contribution in [3.05, 3.63) is 68.2 Å². The predicted molar refractivity (Wildman–Crippen MR) is 165 cm³/mol. The van der Waals surface area contributed by atoms with Crippen molar-refractivity contribution in [1.82, 2.24) is 30.6 Å². The summed E-state index contributed by atoms with van der Waals surface area (Å²) >= 11 is 3.01. The van der Waals surface area contributed by atoms with Crippen LogP contribution in [0.2, 0.25) is 0 Å². The molecule has 208 valence electrons. The van der Waals surface area contributed by atoms with Gasteiger partial charge in [0.15, 0.2) is 0 Å². The second kappa shape index (κ2) is 14.4. The fourth-order valence-corrected chi connectivity index (χ4v) is 4.91. The fourth-order valence-electron chi connectivity index (χ4n) is 3.23. The normalized spacial score (nSPS) is 17.3. The maximum absolute atomic E-state index is 9.42. The van der Waals surface area contributed by atoms with Crippen LogP contribution in [0.25, 0.3) is 11.1 Å². The highest BCUT2D eigenvalue weighted by molar-refractivity contribution is 8.06. The molecule has 0 spiro atoms. The fraction of sp³-hybridized carbons (Fsp3) is 0.357. The number of hydrogen-bond acceptors (Lipinski definition) is 12. The van der Waals surface area contributed by atoms with E-state index in [1.165, 1.54) is 23.5 Å². The van der Waals surface area contributed by atoms with E-state index >= 15 is 0 Å². The molecule has 2 aliphatic rings. The molecule has 10 nitrogen and oxygen atoms in total. The van der Waals surface area contributed by atoms with Gasteiger partial charge in [0, 0.05) is 35.9 Å². The minimum Gasteiger partial charge on any atom is -0.352 e. The van der Waals surface area contributed by atoms with Crippen LogP contribution in [0.5, 0.6) is 0 Å². The van der Waals surface area contributed by atoms with Crippen LogP contribution < -0.4 is 21.3 Å². The summed E-state index contributed by atoms with van der Waals surface area (Å²) in [6, 6.07) is 8.45. The minimum atomic E-state index is 0.247. The summed E-state index contributed by atoms with van der Waals surface area (Å²) < 4.78 is 0. The smallest absolute Gasteiger partial charge is 0.223 e. The molecule has 0 radical (unpaired) electrons. The molecule has 12 heteroatoms. The van der Waals surface area contributed by atoms with Gasteiger partial charge in [-0.3, -0.25) is 0 Å². The van der Waals surface area contributed by atoms with Gasteiger partial charge in [-0.25, -0.2) is 19.9 Å². The maximum atomic E-state index is 9.42. The number of rotatable bonds is 7. The molecule has 0 saturated heterocycles. The Morgan fingerprint density at radius 3 is 1.57 bits per heavy atom. The SMILES string of the molecule is CC1=CSC(=C(C#N)c2ccnc(NC(C)C(C)C)n2)N1.CC1=CSC(=C(C#N)c2ccnc(NC(C)C)n2)N1. The Hall–Kier alpha value is -4.00. The minimum absolute atomic E-state index is 0.247. The van der Waals surface area contributed by atoms with Crippen LogP contribution in [-0.2, 0) is 0 Å². The largest absolute Gasteiger partial charge is 0.352 e. The number of thioether (sulfide) groups is 2. The van der Waals surface area contributed by atoms with Crippen molar-refractivity contribution in [2.45, 2.75) is 60.5 Å². The summed E-state index contributed by atoms with van der Waals surface area (Å²) in [5.41, 5.74) is 4.39. The van der Waals surface area contributed by atoms with Crippen LogP contribution in [0.1, 0.15) is 59.9 Å². The molecule has 1 atom stereocenters. The monoisotopic (exact) mass is 574 g/mol. The molecule has 4 N–H and O–H groups in total. The summed E-state index contributed by atoms with van der Waals surface area (Å²) in [6.07, 6.45) is 3.33. The topological polar surface area (TPSA) is 147 Å². The van der Waals surface area contributed by atoms with Gasteiger partial charge in [0.25, 0.3) is 0 Å². The second-order valence-electron chi connectivity index (χ2n) is 9.73. The van der Waals surface area contributed by atoms with Gasteiger partial charge in [0.2, 0.25) is 11.9 Å². The number of aromatic nitrogens is 4. The first-order valence-corrected chi connectivity index (χ1v) is 14.6. The van der Waals surface area contributed by atoms with Gasteiger partial charge in [-0.2, -0.15) is 10.5 Å². The summed E-state index contributed by atoms with van der Waals surface area (Å²) in [7, 11) is 0. The maximum Gasteiger partial charge on any atom is 0.223 e. The van der Waals surface area contributed by atoms with E-state index in [0.29, 0.717) is 40.3 Å². The molecule has 1 unspecified atom stereocenters. The molecule has 0 saturated carbocycles. The molecule has 2 aromatic heterocycles. The molecule has 0 aliphatic carbocycles. The van der Waals surface area contributed by atoms with Gasteiger partial charge in [-0.05, 0) is 63.5 Å². The van der Waals surface area contributed by atoms with Crippen molar-refractivity contribution in [3.63, 3.8) is 0 Å². The number of hydrogen-bond donors (Lipinski definition) is 4. The zero-order valence-electron chi connectivity index (χ0n) is 23.7. The van der Waals surface area contributed by atoms with E-state index in [4.69, 9.17) is 0 Å². The summed E-state index contributed by atoms with van der Waals surface area (Å²) in [5, 5.41) is 37.1. The Morgan fingerprint density at radius 1 is 0.775 bits per heavy atom. The highest BCUT2D eigenvalue weighted by Crippen LogP contribution is 2.31. The number of nitrogens with zero attached hydrogens (tertiary/aromatic N) is 6. The Morgan fingerprint density at radius 2 is 1.23 bits per heavy atom. The first kappa shape index (κ1) is 30.5.